The van der Waals surface area contributed by atoms with Crippen molar-refractivity contribution < 1.29 is 18.8 Å². The van der Waals surface area contributed by atoms with Crippen LogP contribution in [0.25, 0.3) is 22.5 Å². The average molecular weight is 521 g/mol. The third-order valence-corrected chi connectivity index (χ3v) is 8.07. The molecule has 0 spiro atoms. The number of aryl methyl sites for hydroxylation is 1. The Balaban J connectivity index is 1.14. The number of carbonyl (C=O) groups excluding carboxylic acids is 2. The van der Waals surface area contributed by atoms with Gasteiger partial charge in [0, 0.05) is 17.2 Å². The molecule has 6 heteroatoms. The Bertz CT molecular complexity index is 1490. The minimum Gasteiger partial charge on any atom is -0.465 e. The lowest BCUT2D eigenvalue weighted by Crippen LogP contribution is -2.36. The van der Waals surface area contributed by atoms with Crippen LogP contribution in [0.4, 0.5) is 0 Å². The first kappa shape index (κ1) is 25.1. The van der Waals surface area contributed by atoms with E-state index in [1.165, 1.54) is 11.1 Å². The minimum atomic E-state index is -0.465. The van der Waals surface area contributed by atoms with Gasteiger partial charge in [0.15, 0.2) is 5.76 Å². The Labute approximate surface area is 228 Å². The van der Waals surface area contributed by atoms with Gasteiger partial charge in [0.1, 0.15) is 0 Å². The van der Waals surface area contributed by atoms with E-state index in [0.717, 1.165) is 59.2 Å². The second-order valence-corrected chi connectivity index (χ2v) is 10.7. The molecular formula is C33H32N2O4. The van der Waals surface area contributed by atoms with E-state index < -0.39 is 5.41 Å². The monoisotopic (exact) mass is 520 g/mol. The molecular weight excluding hydrogens is 488 g/mol. The van der Waals surface area contributed by atoms with E-state index in [4.69, 9.17) is 9.26 Å². The van der Waals surface area contributed by atoms with E-state index in [0.29, 0.717) is 12.4 Å². The van der Waals surface area contributed by atoms with Crippen molar-refractivity contribution >= 4 is 11.9 Å². The molecule has 2 aliphatic rings. The highest BCUT2D eigenvalue weighted by Gasteiger charge is 2.52. The van der Waals surface area contributed by atoms with Gasteiger partial charge < -0.3 is 14.6 Å². The topological polar surface area (TPSA) is 81.4 Å². The van der Waals surface area contributed by atoms with Crippen molar-refractivity contribution in [2.45, 2.75) is 57.4 Å². The lowest BCUT2D eigenvalue weighted by molar-refractivity contribution is -0.146. The van der Waals surface area contributed by atoms with Crippen LogP contribution >= 0.6 is 0 Å². The SMILES string of the molecule is CCOC(=O)C1(c2ccc(-c3ccc(-c4onc(C)c4CC(=O)NC4Cc5ccccc5C4)cc3)cc2)CC1. The van der Waals surface area contributed by atoms with Gasteiger partial charge in [0.2, 0.25) is 5.91 Å². The predicted molar refractivity (Wildman–Crippen MR) is 149 cm³/mol. The largest absolute Gasteiger partial charge is 0.465 e. The Morgan fingerprint density at radius 2 is 1.51 bits per heavy atom. The number of carbonyl (C=O) groups is 2. The van der Waals surface area contributed by atoms with Crippen LogP contribution in [0.15, 0.2) is 77.3 Å². The number of nitrogens with zero attached hydrogens (tertiary/aromatic N) is 1. The summed E-state index contributed by atoms with van der Waals surface area (Å²) in [6.07, 6.45) is 3.63. The summed E-state index contributed by atoms with van der Waals surface area (Å²) in [5.41, 5.74) is 7.72. The van der Waals surface area contributed by atoms with Gasteiger partial charge in [-0.2, -0.15) is 0 Å². The molecule has 0 aliphatic heterocycles. The third kappa shape index (κ3) is 4.87. The molecule has 1 heterocycles. The van der Waals surface area contributed by atoms with E-state index >= 15 is 0 Å². The summed E-state index contributed by atoms with van der Waals surface area (Å²) in [6, 6.07) is 24.7. The molecule has 3 aromatic carbocycles. The van der Waals surface area contributed by atoms with Crippen LogP contribution < -0.4 is 5.32 Å². The summed E-state index contributed by atoms with van der Waals surface area (Å²) in [4.78, 5) is 25.4. The Hall–Kier alpha value is -4.19. The van der Waals surface area contributed by atoms with E-state index in [1.807, 2.05) is 62.4 Å². The van der Waals surface area contributed by atoms with Crippen LogP contribution in [-0.2, 0) is 39.0 Å². The van der Waals surface area contributed by atoms with Gasteiger partial charge in [0.05, 0.1) is 24.1 Å². The smallest absolute Gasteiger partial charge is 0.316 e. The Morgan fingerprint density at radius 1 is 0.923 bits per heavy atom. The predicted octanol–water partition coefficient (Wildman–Crippen LogP) is 5.74. The average Bonchev–Trinajstić information content (AvgIpc) is 3.55. The fourth-order valence-electron chi connectivity index (χ4n) is 5.72. The number of benzene rings is 3. The molecule has 0 bridgehead atoms. The van der Waals surface area contributed by atoms with Gasteiger partial charge in [0.25, 0.3) is 0 Å². The Morgan fingerprint density at radius 3 is 2.10 bits per heavy atom. The number of rotatable bonds is 8. The molecule has 1 N–H and O–H groups in total. The van der Waals surface area contributed by atoms with Crippen molar-refractivity contribution in [3.63, 3.8) is 0 Å². The van der Waals surface area contributed by atoms with Gasteiger partial charge in [-0.1, -0.05) is 78.0 Å². The highest BCUT2D eigenvalue weighted by molar-refractivity contribution is 5.87. The quantitative estimate of drug-likeness (QED) is 0.300. The van der Waals surface area contributed by atoms with Gasteiger partial charge in [-0.25, -0.2) is 0 Å². The number of fused-ring (bicyclic) bond motifs is 1. The second kappa shape index (κ2) is 10.2. The molecule has 0 unspecified atom stereocenters. The molecule has 0 saturated heterocycles. The Kier molecular flexibility index (Phi) is 6.55. The van der Waals surface area contributed by atoms with E-state index in [-0.39, 0.29) is 24.3 Å². The number of hydrogen-bond donors (Lipinski definition) is 1. The van der Waals surface area contributed by atoms with Crippen LogP contribution in [0.2, 0.25) is 0 Å². The first-order valence-electron chi connectivity index (χ1n) is 13.7. The zero-order chi connectivity index (χ0) is 27.0. The lowest BCUT2D eigenvalue weighted by atomic mass is 9.93. The number of amides is 1. The molecule has 1 fully saturated rings. The maximum absolute atomic E-state index is 13.0. The van der Waals surface area contributed by atoms with Crippen LogP contribution in [-0.4, -0.2) is 29.7 Å². The number of hydrogen-bond acceptors (Lipinski definition) is 5. The zero-order valence-electron chi connectivity index (χ0n) is 22.3. The molecule has 1 saturated carbocycles. The molecule has 198 valence electrons. The molecule has 2 aliphatic carbocycles. The van der Waals surface area contributed by atoms with Crippen molar-refractivity contribution in [1.82, 2.24) is 10.5 Å². The molecule has 0 radical (unpaired) electrons. The van der Waals surface area contributed by atoms with Gasteiger partial charge in [-0.3, -0.25) is 9.59 Å². The van der Waals surface area contributed by atoms with Crippen molar-refractivity contribution in [2.75, 3.05) is 6.61 Å². The highest BCUT2D eigenvalue weighted by atomic mass is 16.5. The van der Waals surface area contributed by atoms with Crippen molar-refractivity contribution in [1.29, 1.82) is 0 Å². The summed E-state index contributed by atoms with van der Waals surface area (Å²) in [6.45, 7) is 4.12. The molecule has 1 aromatic heterocycles. The van der Waals surface area contributed by atoms with E-state index in [2.05, 4.69) is 34.7 Å². The summed E-state index contributed by atoms with van der Waals surface area (Å²) >= 11 is 0. The number of esters is 1. The molecule has 6 rings (SSSR count). The molecule has 0 atom stereocenters. The zero-order valence-corrected chi connectivity index (χ0v) is 22.3. The van der Waals surface area contributed by atoms with Crippen LogP contribution in [0.3, 0.4) is 0 Å². The minimum absolute atomic E-state index is 0.0201. The molecule has 1 amide bonds. The summed E-state index contributed by atoms with van der Waals surface area (Å²) in [7, 11) is 0. The van der Waals surface area contributed by atoms with Crippen molar-refractivity contribution in [2.24, 2.45) is 0 Å². The van der Waals surface area contributed by atoms with Gasteiger partial charge in [-0.05, 0) is 67.3 Å². The number of aromatic nitrogens is 1. The fraction of sp³-hybridized carbons (Fsp3) is 0.303. The molecule has 4 aromatic rings. The maximum Gasteiger partial charge on any atom is 0.316 e. The van der Waals surface area contributed by atoms with E-state index in [1.54, 1.807) is 0 Å². The molecule has 6 nitrogen and oxygen atoms in total. The van der Waals surface area contributed by atoms with Gasteiger partial charge in [-0.15, -0.1) is 0 Å². The molecule has 39 heavy (non-hydrogen) atoms. The maximum atomic E-state index is 13.0. The summed E-state index contributed by atoms with van der Waals surface area (Å²) in [5.74, 6) is 0.486. The summed E-state index contributed by atoms with van der Waals surface area (Å²) < 4.78 is 11.0. The van der Waals surface area contributed by atoms with E-state index in [9.17, 15) is 9.59 Å². The lowest BCUT2D eigenvalue weighted by Gasteiger charge is -2.14. The standard InChI is InChI=1S/C33H32N2O4/c1-3-38-32(37)33(16-17-33)27-14-12-23(13-15-27)22-8-10-24(11-9-22)31-29(21(2)35-39-31)20-30(36)34-28-18-25-6-4-5-7-26(25)19-28/h4-15,28H,3,16-20H2,1-2H3,(H,34,36). The van der Waals surface area contributed by atoms with Crippen LogP contribution in [0.5, 0.6) is 0 Å². The van der Waals surface area contributed by atoms with Crippen LogP contribution in [0, 0.1) is 6.92 Å². The second-order valence-electron chi connectivity index (χ2n) is 10.7. The summed E-state index contributed by atoms with van der Waals surface area (Å²) in [5, 5.41) is 7.36. The van der Waals surface area contributed by atoms with Crippen LogP contribution in [0.1, 0.15) is 47.7 Å². The highest BCUT2D eigenvalue weighted by Crippen LogP contribution is 2.49. The first-order valence-corrected chi connectivity index (χ1v) is 13.7. The fourth-order valence-corrected chi connectivity index (χ4v) is 5.72. The van der Waals surface area contributed by atoms with Crippen molar-refractivity contribution in [3.05, 3.63) is 101 Å². The number of ether oxygens (including phenoxy) is 1. The normalized spacial score (nSPS) is 15.5. The number of nitrogens with one attached hydrogen (secondary N) is 1. The van der Waals surface area contributed by atoms with Gasteiger partial charge >= 0.3 is 5.97 Å². The first-order chi connectivity index (χ1) is 19.0. The third-order valence-electron chi connectivity index (χ3n) is 8.07. The van der Waals surface area contributed by atoms with Crippen molar-refractivity contribution in [3.8, 4) is 22.5 Å².